The van der Waals surface area contributed by atoms with Gasteiger partial charge in [-0.05, 0) is 43.7 Å². The molecule has 9 nitrogen and oxygen atoms in total. The van der Waals surface area contributed by atoms with E-state index in [1.165, 1.54) is 30.1 Å². The van der Waals surface area contributed by atoms with Crippen molar-refractivity contribution in [3.8, 4) is 23.0 Å². The Kier molecular flexibility index (Phi) is 7.68. The lowest BCUT2D eigenvalue weighted by molar-refractivity contribution is -0.139. The standard InChI is InChI=1S/C27H28N2O7S/c1-7-36-26(31)23-15(2)28-27-29(24(23)16-8-10-18(32-3)11-9-16)25(30)22(37-27)13-17-12-20(34-5)21(35-6)14-19(17)33-4/h8-14,24H,7H2,1-6H3/t24-/m1/s1. The molecule has 0 saturated heterocycles. The van der Waals surface area contributed by atoms with Crippen LogP contribution in [0.2, 0.25) is 0 Å². The number of carbonyl (C=O) groups is 1. The van der Waals surface area contributed by atoms with E-state index in [0.29, 0.717) is 49.2 Å². The van der Waals surface area contributed by atoms with Gasteiger partial charge in [0.1, 0.15) is 11.5 Å². The Morgan fingerprint density at radius 1 is 1.00 bits per heavy atom. The Morgan fingerprint density at radius 2 is 1.65 bits per heavy atom. The van der Waals surface area contributed by atoms with Gasteiger partial charge in [-0.2, -0.15) is 0 Å². The average molecular weight is 525 g/mol. The predicted molar refractivity (Wildman–Crippen MR) is 139 cm³/mol. The van der Waals surface area contributed by atoms with Gasteiger partial charge in [0.2, 0.25) is 0 Å². The number of methoxy groups -OCH3 is 4. The van der Waals surface area contributed by atoms with E-state index in [1.54, 1.807) is 58.4 Å². The summed E-state index contributed by atoms with van der Waals surface area (Å²) in [5.74, 6) is 1.67. The number of ether oxygens (including phenoxy) is 5. The number of allylic oxidation sites excluding steroid dienone is 1. The molecule has 4 rings (SSSR count). The van der Waals surface area contributed by atoms with E-state index < -0.39 is 12.0 Å². The Morgan fingerprint density at radius 3 is 2.24 bits per heavy atom. The maximum Gasteiger partial charge on any atom is 0.338 e. The lowest BCUT2D eigenvalue weighted by Gasteiger charge is -2.24. The van der Waals surface area contributed by atoms with Crippen molar-refractivity contribution in [1.29, 1.82) is 0 Å². The molecular weight excluding hydrogens is 496 g/mol. The highest BCUT2D eigenvalue weighted by atomic mass is 32.1. The SMILES string of the molecule is CCOC(=O)C1=C(C)N=c2sc(=Cc3cc(OC)c(OC)cc3OC)c(=O)n2[C@@H]1c1ccc(OC)cc1. The zero-order valence-electron chi connectivity index (χ0n) is 21.5. The van der Waals surface area contributed by atoms with Gasteiger partial charge in [-0.25, -0.2) is 9.79 Å². The number of hydrogen-bond donors (Lipinski definition) is 0. The summed E-state index contributed by atoms with van der Waals surface area (Å²) in [7, 11) is 6.20. The first-order valence-electron chi connectivity index (χ1n) is 11.5. The van der Waals surface area contributed by atoms with E-state index in [0.717, 1.165) is 5.56 Å². The van der Waals surface area contributed by atoms with Crippen LogP contribution in [-0.4, -0.2) is 45.6 Å². The molecule has 0 amide bonds. The van der Waals surface area contributed by atoms with Gasteiger partial charge in [0.15, 0.2) is 16.3 Å². The minimum atomic E-state index is -0.712. The average Bonchev–Trinajstić information content (AvgIpc) is 3.21. The molecule has 0 aliphatic carbocycles. The van der Waals surface area contributed by atoms with Crippen molar-refractivity contribution in [1.82, 2.24) is 4.57 Å². The topological polar surface area (TPSA) is 97.6 Å². The number of rotatable bonds is 8. The monoisotopic (exact) mass is 524 g/mol. The highest BCUT2D eigenvalue weighted by molar-refractivity contribution is 7.07. The van der Waals surface area contributed by atoms with Crippen LogP contribution in [0.4, 0.5) is 0 Å². The summed E-state index contributed by atoms with van der Waals surface area (Å²) in [5, 5.41) is 0. The fraction of sp³-hybridized carbons (Fsp3) is 0.296. The molecule has 0 unspecified atom stereocenters. The van der Waals surface area contributed by atoms with Gasteiger partial charge in [-0.15, -0.1) is 0 Å². The van der Waals surface area contributed by atoms with Crippen molar-refractivity contribution in [3.05, 3.63) is 78.5 Å². The smallest absolute Gasteiger partial charge is 0.338 e. The molecule has 1 atom stereocenters. The van der Waals surface area contributed by atoms with Gasteiger partial charge in [0.25, 0.3) is 5.56 Å². The van der Waals surface area contributed by atoms with Crippen LogP contribution in [0.3, 0.4) is 0 Å². The van der Waals surface area contributed by atoms with Crippen LogP contribution in [0.1, 0.15) is 31.0 Å². The first-order valence-corrected chi connectivity index (χ1v) is 12.3. The molecule has 0 radical (unpaired) electrons. The van der Waals surface area contributed by atoms with Crippen molar-refractivity contribution >= 4 is 23.4 Å². The van der Waals surface area contributed by atoms with Crippen LogP contribution in [0, 0.1) is 0 Å². The van der Waals surface area contributed by atoms with Crippen LogP contribution >= 0.6 is 11.3 Å². The maximum atomic E-state index is 13.8. The molecule has 1 aliphatic heterocycles. The highest BCUT2D eigenvalue weighted by Gasteiger charge is 2.33. The summed E-state index contributed by atoms with van der Waals surface area (Å²) in [6.07, 6.45) is 1.72. The summed E-state index contributed by atoms with van der Waals surface area (Å²) in [5.41, 5.74) is 1.88. The van der Waals surface area contributed by atoms with Crippen LogP contribution in [0.5, 0.6) is 23.0 Å². The number of hydrogen-bond acceptors (Lipinski definition) is 9. The van der Waals surface area contributed by atoms with E-state index in [2.05, 4.69) is 4.99 Å². The molecule has 1 aliphatic rings. The minimum absolute atomic E-state index is 0.203. The molecule has 0 bridgehead atoms. The third-order valence-corrected chi connectivity index (χ3v) is 6.95. The van der Waals surface area contributed by atoms with Gasteiger partial charge in [0.05, 0.1) is 56.9 Å². The van der Waals surface area contributed by atoms with E-state index in [9.17, 15) is 9.59 Å². The normalized spacial score (nSPS) is 15.1. The second-order valence-corrected chi connectivity index (χ2v) is 9.03. The summed E-state index contributed by atoms with van der Waals surface area (Å²) >= 11 is 1.23. The van der Waals surface area contributed by atoms with Gasteiger partial charge >= 0.3 is 5.97 Å². The zero-order chi connectivity index (χ0) is 26.7. The summed E-state index contributed by atoms with van der Waals surface area (Å²) in [6.45, 7) is 3.69. The number of carbonyl (C=O) groups excluding carboxylic acids is 1. The molecule has 0 fully saturated rings. The number of aromatic nitrogens is 1. The largest absolute Gasteiger partial charge is 0.497 e. The molecule has 1 aromatic heterocycles. The van der Waals surface area contributed by atoms with Crippen LogP contribution in [-0.2, 0) is 9.53 Å². The Bertz CT molecular complexity index is 1530. The van der Waals surface area contributed by atoms with Crippen LogP contribution < -0.4 is 33.8 Å². The summed E-state index contributed by atoms with van der Waals surface area (Å²) in [6, 6.07) is 9.97. The third-order valence-electron chi connectivity index (χ3n) is 5.97. The van der Waals surface area contributed by atoms with Gasteiger partial charge < -0.3 is 23.7 Å². The molecule has 0 N–H and O–H groups in total. The lowest BCUT2D eigenvalue weighted by Crippen LogP contribution is -2.39. The second-order valence-electron chi connectivity index (χ2n) is 8.02. The van der Waals surface area contributed by atoms with Gasteiger partial charge in [-0.3, -0.25) is 9.36 Å². The van der Waals surface area contributed by atoms with Gasteiger partial charge in [0, 0.05) is 11.6 Å². The molecule has 0 saturated carbocycles. The number of fused-ring (bicyclic) bond motifs is 1. The first-order chi connectivity index (χ1) is 17.9. The van der Waals surface area contributed by atoms with Gasteiger partial charge in [-0.1, -0.05) is 23.5 Å². The molecule has 2 heterocycles. The quantitative estimate of drug-likeness (QED) is 0.418. The Balaban J connectivity index is 1.95. The van der Waals surface area contributed by atoms with Crippen molar-refractivity contribution in [3.63, 3.8) is 0 Å². The van der Waals surface area contributed by atoms with E-state index >= 15 is 0 Å². The third kappa shape index (κ3) is 4.84. The fourth-order valence-electron chi connectivity index (χ4n) is 4.20. The molecule has 0 spiro atoms. The Hall–Kier alpha value is -4.05. The predicted octanol–water partition coefficient (Wildman–Crippen LogP) is 2.83. The van der Waals surface area contributed by atoms with Crippen molar-refractivity contribution in [2.45, 2.75) is 19.9 Å². The number of thiazole rings is 1. The van der Waals surface area contributed by atoms with E-state index in [4.69, 9.17) is 23.7 Å². The molecule has 3 aromatic rings. The van der Waals surface area contributed by atoms with Crippen molar-refractivity contribution in [2.75, 3.05) is 35.0 Å². The molecule has 10 heteroatoms. The van der Waals surface area contributed by atoms with Crippen molar-refractivity contribution in [2.24, 2.45) is 4.99 Å². The molecular formula is C27H28N2O7S. The van der Waals surface area contributed by atoms with E-state index in [-0.39, 0.29) is 12.2 Å². The fourth-order valence-corrected chi connectivity index (χ4v) is 5.24. The van der Waals surface area contributed by atoms with Crippen LogP contribution in [0.25, 0.3) is 6.08 Å². The first kappa shape index (κ1) is 26.0. The molecule has 2 aromatic carbocycles. The summed E-state index contributed by atoms with van der Waals surface area (Å²) < 4.78 is 28.9. The lowest BCUT2D eigenvalue weighted by atomic mass is 9.96. The number of nitrogens with zero attached hydrogens (tertiary/aromatic N) is 2. The molecule has 37 heavy (non-hydrogen) atoms. The van der Waals surface area contributed by atoms with E-state index in [1.807, 2.05) is 12.1 Å². The number of esters is 1. The molecule has 194 valence electrons. The maximum absolute atomic E-state index is 13.8. The number of benzene rings is 2. The minimum Gasteiger partial charge on any atom is -0.497 e. The van der Waals surface area contributed by atoms with Crippen molar-refractivity contribution < 1.29 is 28.5 Å². The Labute approximate surface area is 217 Å². The second kappa shape index (κ2) is 10.9. The highest BCUT2D eigenvalue weighted by Crippen LogP contribution is 2.35. The summed E-state index contributed by atoms with van der Waals surface area (Å²) in [4.78, 5) is 31.9. The zero-order valence-corrected chi connectivity index (χ0v) is 22.3. The van der Waals surface area contributed by atoms with Crippen LogP contribution in [0.15, 0.2) is 57.5 Å².